The van der Waals surface area contributed by atoms with Crippen LogP contribution in [0.2, 0.25) is 0 Å². The first-order valence-electron chi connectivity index (χ1n) is 12.2. The van der Waals surface area contributed by atoms with Crippen LogP contribution in [0.5, 0.6) is 0 Å². The van der Waals surface area contributed by atoms with Gasteiger partial charge in [-0.05, 0) is 26.0 Å². The molecule has 1 fully saturated rings. The van der Waals surface area contributed by atoms with E-state index in [9.17, 15) is 4.79 Å². The van der Waals surface area contributed by atoms with Gasteiger partial charge in [0.05, 0.1) is 17.1 Å². The first-order valence-corrected chi connectivity index (χ1v) is 12.2. The maximum Gasteiger partial charge on any atom is 0.229 e. The van der Waals surface area contributed by atoms with Crippen LogP contribution in [0.25, 0.3) is 10.9 Å². The number of pyridine rings is 1. The number of piperazine rings is 1. The van der Waals surface area contributed by atoms with E-state index in [-0.39, 0.29) is 23.3 Å². The average Bonchev–Trinajstić information content (AvgIpc) is 3.09. The maximum absolute atomic E-state index is 12.9. The molecule has 0 aliphatic carbocycles. The summed E-state index contributed by atoms with van der Waals surface area (Å²) in [5.41, 5.74) is 4.68. The van der Waals surface area contributed by atoms with E-state index < -0.39 is 0 Å². The Morgan fingerprint density at radius 3 is 2.52 bits per heavy atom. The number of nitrogens with zero attached hydrogens (tertiary/aromatic N) is 4. The molecule has 178 valence electrons. The van der Waals surface area contributed by atoms with E-state index in [1.165, 1.54) is 16.8 Å². The lowest BCUT2D eigenvalue weighted by Gasteiger charge is -2.36. The molecule has 2 aliphatic heterocycles. The van der Waals surface area contributed by atoms with Crippen LogP contribution in [0.15, 0.2) is 42.1 Å². The number of hydrogen-bond donors (Lipinski definition) is 1. The number of aromatic nitrogens is 1. The number of benzene rings is 1. The first kappa shape index (κ1) is 23.6. The largest absolute Gasteiger partial charge is 0.374 e. The van der Waals surface area contributed by atoms with Crippen molar-refractivity contribution in [3.05, 3.63) is 47.8 Å². The van der Waals surface area contributed by atoms with Crippen molar-refractivity contribution in [2.24, 2.45) is 11.3 Å². The van der Waals surface area contributed by atoms with Crippen LogP contribution < -0.4 is 10.2 Å². The van der Waals surface area contributed by atoms with Gasteiger partial charge in [0.15, 0.2) is 0 Å². The predicted molar refractivity (Wildman–Crippen MR) is 136 cm³/mol. The van der Waals surface area contributed by atoms with E-state index in [0.29, 0.717) is 6.54 Å². The van der Waals surface area contributed by atoms with Crippen LogP contribution in [0.1, 0.15) is 33.4 Å². The lowest BCUT2D eigenvalue weighted by molar-refractivity contribution is -0.124. The summed E-state index contributed by atoms with van der Waals surface area (Å²) < 4.78 is 0. The van der Waals surface area contributed by atoms with Crippen molar-refractivity contribution >= 4 is 22.5 Å². The highest BCUT2D eigenvalue weighted by Gasteiger charge is 2.37. The first-order chi connectivity index (χ1) is 15.6. The molecule has 1 aromatic carbocycles. The number of carbonyl (C=O) groups excluding carboxylic acids is 1. The fourth-order valence-electron chi connectivity index (χ4n) is 5.11. The second kappa shape index (κ2) is 9.34. The van der Waals surface area contributed by atoms with Crippen molar-refractivity contribution in [2.45, 2.75) is 40.7 Å². The van der Waals surface area contributed by atoms with Crippen molar-refractivity contribution in [1.29, 1.82) is 0 Å². The molecule has 2 unspecified atom stereocenters. The van der Waals surface area contributed by atoms with E-state index in [1.54, 1.807) is 0 Å². The summed E-state index contributed by atoms with van der Waals surface area (Å²) in [6, 6.07) is 10.9. The van der Waals surface area contributed by atoms with Gasteiger partial charge < -0.3 is 15.1 Å². The average molecular weight is 450 g/mol. The van der Waals surface area contributed by atoms with Crippen molar-refractivity contribution in [3.8, 4) is 0 Å². The smallest absolute Gasteiger partial charge is 0.229 e. The highest BCUT2D eigenvalue weighted by Crippen LogP contribution is 2.37. The van der Waals surface area contributed by atoms with Gasteiger partial charge in [-0.1, -0.05) is 45.0 Å². The molecular weight excluding hydrogens is 410 g/mol. The van der Waals surface area contributed by atoms with E-state index in [0.717, 1.165) is 43.9 Å². The highest BCUT2D eigenvalue weighted by molar-refractivity contribution is 5.91. The zero-order valence-corrected chi connectivity index (χ0v) is 21.1. The SMILES string of the molecule is Cc1ccc2cccc(N3CCN(CCNC(=O)C4C=C(C(C)(C)C)N(C)C4C)CC3)c2n1. The minimum atomic E-state index is -0.0802. The minimum absolute atomic E-state index is 0.0516. The summed E-state index contributed by atoms with van der Waals surface area (Å²) in [5, 5.41) is 4.39. The molecule has 6 heteroatoms. The van der Waals surface area contributed by atoms with E-state index in [1.807, 2.05) is 6.92 Å². The lowest BCUT2D eigenvalue weighted by Crippen LogP contribution is -2.49. The molecule has 2 atom stereocenters. The summed E-state index contributed by atoms with van der Waals surface area (Å²) >= 11 is 0. The Bertz CT molecular complexity index is 1030. The van der Waals surface area contributed by atoms with Crippen LogP contribution in [0.3, 0.4) is 0 Å². The van der Waals surface area contributed by atoms with Crippen molar-refractivity contribution in [3.63, 3.8) is 0 Å². The molecule has 33 heavy (non-hydrogen) atoms. The molecule has 2 aromatic rings. The topological polar surface area (TPSA) is 51.7 Å². The number of aryl methyl sites for hydroxylation is 1. The highest BCUT2D eigenvalue weighted by atomic mass is 16.1. The third-order valence-corrected chi connectivity index (χ3v) is 7.20. The number of nitrogens with one attached hydrogen (secondary N) is 1. The fourth-order valence-corrected chi connectivity index (χ4v) is 5.11. The molecule has 3 heterocycles. The molecule has 2 aliphatic rings. The summed E-state index contributed by atoms with van der Waals surface area (Å²) in [4.78, 5) is 24.8. The van der Waals surface area contributed by atoms with Gasteiger partial charge in [-0.3, -0.25) is 14.7 Å². The van der Waals surface area contributed by atoms with Gasteiger partial charge in [0.2, 0.25) is 5.91 Å². The molecule has 0 spiro atoms. The number of para-hydroxylation sites is 1. The van der Waals surface area contributed by atoms with Crippen molar-refractivity contribution in [1.82, 2.24) is 20.1 Å². The molecule has 0 saturated carbocycles. The molecule has 1 N–H and O–H groups in total. The Balaban J connectivity index is 1.28. The Morgan fingerprint density at radius 1 is 1.12 bits per heavy atom. The van der Waals surface area contributed by atoms with Gasteiger partial charge in [0.1, 0.15) is 0 Å². The van der Waals surface area contributed by atoms with Crippen LogP contribution in [-0.4, -0.2) is 73.0 Å². The Morgan fingerprint density at radius 2 is 1.85 bits per heavy atom. The third kappa shape index (κ3) is 5.01. The maximum atomic E-state index is 12.9. The monoisotopic (exact) mass is 449 g/mol. The Hall–Kier alpha value is -2.60. The molecule has 0 radical (unpaired) electrons. The van der Waals surface area contributed by atoms with E-state index >= 15 is 0 Å². The molecule has 4 rings (SSSR count). The molecule has 6 nitrogen and oxygen atoms in total. The molecule has 1 amide bonds. The third-order valence-electron chi connectivity index (χ3n) is 7.20. The molecule has 0 bridgehead atoms. The Labute approximate surface area is 198 Å². The van der Waals surface area contributed by atoms with Gasteiger partial charge in [-0.2, -0.15) is 0 Å². The summed E-state index contributed by atoms with van der Waals surface area (Å²) in [6.07, 6.45) is 2.17. The van der Waals surface area contributed by atoms with E-state index in [2.05, 4.69) is 91.2 Å². The molecule has 1 aromatic heterocycles. The normalized spacial score (nSPS) is 22.1. The predicted octanol–water partition coefficient (Wildman–Crippen LogP) is 3.66. The zero-order valence-electron chi connectivity index (χ0n) is 21.1. The number of amides is 1. The zero-order chi connectivity index (χ0) is 23.8. The summed E-state index contributed by atoms with van der Waals surface area (Å²) in [7, 11) is 2.10. The van der Waals surface area contributed by atoms with Gasteiger partial charge in [-0.15, -0.1) is 0 Å². The van der Waals surface area contributed by atoms with E-state index in [4.69, 9.17) is 4.98 Å². The van der Waals surface area contributed by atoms with Crippen LogP contribution in [0.4, 0.5) is 5.69 Å². The number of rotatable bonds is 5. The van der Waals surface area contributed by atoms with Gasteiger partial charge in [-0.25, -0.2) is 0 Å². The number of allylic oxidation sites excluding steroid dienone is 1. The van der Waals surface area contributed by atoms with Gasteiger partial charge in [0.25, 0.3) is 0 Å². The fraction of sp³-hybridized carbons (Fsp3) is 0.556. The van der Waals surface area contributed by atoms with Crippen LogP contribution in [-0.2, 0) is 4.79 Å². The summed E-state index contributed by atoms with van der Waals surface area (Å²) in [5.74, 6) is 0.0628. The van der Waals surface area contributed by atoms with Gasteiger partial charge >= 0.3 is 0 Å². The number of hydrogen-bond acceptors (Lipinski definition) is 5. The van der Waals surface area contributed by atoms with Crippen molar-refractivity contribution < 1.29 is 4.79 Å². The lowest BCUT2D eigenvalue weighted by atomic mass is 9.91. The second-order valence-electron chi connectivity index (χ2n) is 10.6. The second-order valence-corrected chi connectivity index (χ2v) is 10.6. The van der Waals surface area contributed by atoms with Gasteiger partial charge in [0, 0.05) is 74.6 Å². The molecule has 1 saturated heterocycles. The molecular formula is C27H39N5O. The quantitative estimate of drug-likeness (QED) is 0.755. The summed E-state index contributed by atoms with van der Waals surface area (Å²) in [6.45, 7) is 16.3. The number of anilines is 1. The number of carbonyl (C=O) groups is 1. The van der Waals surface area contributed by atoms with Crippen molar-refractivity contribution in [2.75, 3.05) is 51.2 Å². The minimum Gasteiger partial charge on any atom is -0.374 e. The van der Waals surface area contributed by atoms with Crippen LogP contribution >= 0.6 is 0 Å². The standard InChI is InChI=1S/C27H39N5O/c1-19-10-11-21-8-7-9-23(25(21)29-19)32-16-14-31(15-17-32)13-12-28-26(33)22-18-24(27(3,4)5)30(6)20(22)2/h7-11,18,20,22H,12-17H2,1-6H3,(H,28,33). The van der Waals surface area contributed by atoms with Crippen LogP contribution in [0, 0.1) is 18.3 Å². The number of fused-ring (bicyclic) bond motifs is 1. The Kier molecular flexibility index (Phi) is 6.66.